The van der Waals surface area contributed by atoms with E-state index < -0.39 is 35.6 Å². The quantitative estimate of drug-likeness (QED) is 0.338. The van der Waals surface area contributed by atoms with Gasteiger partial charge in [-0.2, -0.15) is 0 Å². The van der Waals surface area contributed by atoms with Crippen LogP contribution in [0.25, 0.3) is 0 Å². The number of aromatic nitrogens is 1. The summed E-state index contributed by atoms with van der Waals surface area (Å²) in [4.78, 5) is 51.3. The van der Waals surface area contributed by atoms with Crippen LogP contribution in [0.3, 0.4) is 0 Å². The first-order valence-electron chi connectivity index (χ1n) is 13.6. The molecular weight excluding hydrogens is 546 g/mol. The Morgan fingerprint density at radius 3 is 2.64 bits per heavy atom. The largest absolute Gasteiger partial charge is 0.502 e. The van der Waals surface area contributed by atoms with Gasteiger partial charge in [-0.05, 0) is 36.1 Å². The van der Waals surface area contributed by atoms with Gasteiger partial charge in [0.2, 0.25) is 11.2 Å². The Morgan fingerprint density at radius 2 is 1.90 bits per heavy atom. The van der Waals surface area contributed by atoms with E-state index in [2.05, 4.69) is 4.90 Å². The van der Waals surface area contributed by atoms with E-state index in [1.54, 1.807) is 24.3 Å². The van der Waals surface area contributed by atoms with Gasteiger partial charge in [-0.15, -0.1) is 0 Å². The van der Waals surface area contributed by atoms with Crippen LogP contribution in [0.1, 0.15) is 47.5 Å². The lowest BCUT2D eigenvalue weighted by molar-refractivity contribution is -0.141. The van der Waals surface area contributed by atoms with Gasteiger partial charge in [0.1, 0.15) is 5.76 Å². The Labute approximate surface area is 241 Å². The fourth-order valence-corrected chi connectivity index (χ4v) is 6.00. The van der Waals surface area contributed by atoms with Gasteiger partial charge < -0.3 is 34.0 Å². The number of primary amides is 1. The summed E-state index contributed by atoms with van der Waals surface area (Å²) in [5, 5.41) is 10.8. The van der Waals surface area contributed by atoms with Crippen molar-refractivity contribution in [1.82, 2.24) is 9.47 Å². The van der Waals surface area contributed by atoms with Crippen LogP contribution in [0.4, 0.5) is 0 Å². The number of ether oxygens (including phenoxy) is 3. The maximum absolute atomic E-state index is 13.0. The number of esters is 1. The Kier molecular flexibility index (Phi) is 8.34. The van der Waals surface area contributed by atoms with Gasteiger partial charge in [-0.1, -0.05) is 12.1 Å². The van der Waals surface area contributed by atoms with Crippen molar-refractivity contribution in [2.24, 2.45) is 11.7 Å². The first-order valence-corrected chi connectivity index (χ1v) is 13.6. The predicted octanol–water partition coefficient (Wildman–Crippen LogP) is 1.69. The van der Waals surface area contributed by atoms with E-state index >= 15 is 0 Å². The number of amides is 1. The molecule has 0 radical (unpaired) electrons. The molecule has 222 valence electrons. The lowest BCUT2D eigenvalue weighted by Crippen LogP contribution is -2.46. The van der Waals surface area contributed by atoms with Gasteiger partial charge in [0, 0.05) is 43.4 Å². The molecule has 2 bridgehead atoms. The zero-order valence-electron chi connectivity index (χ0n) is 23.4. The average Bonchev–Trinajstić information content (AvgIpc) is 2.97. The highest BCUT2D eigenvalue weighted by Gasteiger charge is 2.35. The van der Waals surface area contributed by atoms with E-state index in [1.165, 1.54) is 26.4 Å². The number of piperidine rings is 1. The standard InChI is InChI=1S/C30H33N3O9/c1-39-24-7-6-18(9-25(24)41-16-26(31)35)21(11-28(37)40-2)30-29(38)23(34)10-20(42-30)15-32-12-17-8-19(14-32)22-4-3-5-27(36)33(22)13-17/h3-7,9-10,17,19,21,38H,8,11-16H2,1-2H3,(H2,31,35)/t17-,19+,21+/m1/s1. The van der Waals surface area contributed by atoms with Crippen molar-refractivity contribution in [3.8, 4) is 17.2 Å². The van der Waals surface area contributed by atoms with Crippen molar-refractivity contribution in [1.29, 1.82) is 0 Å². The van der Waals surface area contributed by atoms with E-state index in [4.69, 9.17) is 24.4 Å². The molecule has 0 spiro atoms. The van der Waals surface area contributed by atoms with Crippen molar-refractivity contribution >= 4 is 11.9 Å². The highest BCUT2D eigenvalue weighted by atomic mass is 16.5. The number of hydrogen-bond donors (Lipinski definition) is 2. The number of carbonyl (C=O) groups is 2. The summed E-state index contributed by atoms with van der Waals surface area (Å²) in [7, 11) is 2.67. The van der Waals surface area contributed by atoms with Gasteiger partial charge in [-0.25, -0.2) is 0 Å². The molecule has 0 saturated carbocycles. The molecule has 1 fully saturated rings. The van der Waals surface area contributed by atoms with E-state index in [9.17, 15) is 24.3 Å². The Balaban J connectivity index is 1.47. The van der Waals surface area contributed by atoms with E-state index in [1.807, 2.05) is 10.6 Å². The van der Waals surface area contributed by atoms with Gasteiger partial charge >= 0.3 is 5.97 Å². The van der Waals surface area contributed by atoms with Gasteiger partial charge in [0.15, 0.2) is 23.9 Å². The number of nitrogens with two attached hydrogens (primary N) is 1. The molecule has 1 amide bonds. The third-order valence-electron chi connectivity index (χ3n) is 7.81. The van der Waals surface area contributed by atoms with Crippen molar-refractivity contribution in [2.45, 2.75) is 37.8 Å². The van der Waals surface area contributed by atoms with E-state index in [0.717, 1.165) is 12.1 Å². The molecule has 3 N–H and O–H groups in total. The topological polar surface area (TPSA) is 164 Å². The molecule has 12 heteroatoms. The summed E-state index contributed by atoms with van der Waals surface area (Å²) in [6, 6.07) is 11.3. The van der Waals surface area contributed by atoms with Crippen molar-refractivity contribution in [3.05, 3.63) is 85.8 Å². The van der Waals surface area contributed by atoms with Gasteiger partial charge in [-0.3, -0.25) is 24.1 Å². The molecule has 0 aliphatic carbocycles. The monoisotopic (exact) mass is 579 g/mol. The molecule has 3 aromatic rings. The number of fused-ring (bicyclic) bond motifs is 4. The zero-order valence-corrected chi connectivity index (χ0v) is 23.4. The molecule has 0 unspecified atom stereocenters. The number of methoxy groups -OCH3 is 2. The number of rotatable bonds is 10. The van der Waals surface area contributed by atoms with Crippen molar-refractivity contribution < 1.29 is 33.3 Å². The van der Waals surface area contributed by atoms with Crippen LogP contribution >= 0.6 is 0 Å². The minimum atomic E-state index is -0.925. The van der Waals surface area contributed by atoms with E-state index in [-0.39, 0.29) is 35.3 Å². The molecule has 3 atom stereocenters. The summed E-state index contributed by atoms with van der Waals surface area (Å²) >= 11 is 0. The number of nitrogens with zero attached hydrogens (tertiary/aromatic N) is 2. The summed E-state index contributed by atoms with van der Waals surface area (Å²) < 4.78 is 23.7. The lowest BCUT2D eigenvalue weighted by Gasteiger charge is -2.42. The zero-order chi connectivity index (χ0) is 30.0. The Morgan fingerprint density at radius 1 is 1.10 bits per heavy atom. The number of pyridine rings is 1. The summed E-state index contributed by atoms with van der Waals surface area (Å²) in [5.74, 6) is -1.67. The minimum absolute atomic E-state index is 0.00295. The Hall–Kier alpha value is -4.58. The van der Waals surface area contributed by atoms with Crippen LogP contribution < -0.4 is 26.2 Å². The molecule has 2 aliphatic rings. The number of likely N-dealkylation sites (tertiary alicyclic amines) is 1. The van der Waals surface area contributed by atoms with Crippen LogP contribution in [0.5, 0.6) is 17.2 Å². The molecule has 1 aromatic carbocycles. The predicted molar refractivity (Wildman–Crippen MR) is 150 cm³/mol. The summed E-state index contributed by atoms with van der Waals surface area (Å²) in [6.07, 6.45) is 0.723. The van der Waals surface area contributed by atoms with Gasteiger partial charge in [0.05, 0.1) is 33.1 Å². The second-order valence-corrected chi connectivity index (χ2v) is 10.7. The third-order valence-corrected chi connectivity index (χ3v) is 7.81. The fourth-order valence-electron chi connectivity index (χ4n) is 6.00. The number of hydrogen-bond acceptors (Lipinski definition) is 10. The number of carbonyl (C=O) groups excluding carboxylic acids is 2. The molecule has 12 nitrogen and oxygen atoms in total. The summed E-state index contributed by atoms with van der Waals surface area (Å²) in [6.45, 7) is 1.90. The van der Waals surface area contributed by atoms with Gasteiger partial charge in [0.25, 0.3) is 11.5 Å². The highest BCUT2D eigenvalue weighted by molar-refractivity contribution is 5.75. The van der Waals surface area contributed by atoms with Crippen molar-refractivity contribution in [2.75, 3.05) is 33.9 Å². The summed E-state index contributed by atoms with van der Waals surface area (Å²) in [5.41, 5.74) is 6.04. The molecule has 2 aromatic heterocycles. The maximum atomic E-state index is 13.0. The van der Waals surface area contributed by atoms with Crippen LogP contribution in [-0.4, -0.2) is 60.4 Å². The normalized spacial score (nSPS) is 18.5. The smallest absolute Gasteiger partial charge is 0.306 e. The number of benzene rings is 1. The highest BCUT2D eigenvalue weighted by Crippen LogP contribution is 2.39. The Bertz CT molecular complexity index is 1610. The lowest BCUT2D eigenvalue weighted by atomic mass is 9.83. The molecule has 4 heterocycles. The van der Waals surface area contributed by atoms with Crippen molar-refractivity contribution in [3.63, 3.8) is 0 Å². The molecule has 1 saturated heterocycles. The maximum Gasteiger partial charge on any atom is 0.306 e. The second-order valence-electron chi connectivity index (χ2n) is 10.7. The SMILES string of the molecule is COC(=O)C[C@@H](c1ccc(OC)c(OCC(N)=O)c1)c1oc(CN2C[C@H]3C[C@@H](C2)c2cccc(=O)n2C3)cc(=O)c1O. The fraction of sp³-hybridized carbons (Fsp3) is 0.400. The second kappa shape index (κ2) is 12.1. The molecular formula is C30H33N3O9. The van der Waals surface area contributed by atoms with E-state index in [0.29, 0.717) is 43.3 Å². The average molecular weight is 580 g/mol. The first-order chi connectivity index (χ1) is 20.2. The first kappa shape index (κ1) is 28.9. The van der Waals surface area contributed by atoms with Crippen LogP contribution in [-0.2, 0) is 27.4 Å². The number of aromatic hydroxyl groups is 1. The van der Waals surface area contributed by atoms with Crippen LogP contribution in [0.15, 0.2) is 56.5 Å². The third kappa shape index (κ3) is 6.03. The molecule has 2 aliphatic heterocycles. The molecule has 42 heavy (non-hydrogen) atoms. The minimum Gasteiger partial charge on any atom is -0.502 e. The van der Waals surface area contributed by atoms with Crippen LogP contribution in [0.2, 0.25) is 0 Å². The molecule has 5 rings (SSSR count). The van der Waals surface area contributed by atoms with Crippen LogP contribution in [0, 0.1) is 5.92 Å².